The second-order valence-corrected chi connectivity index (χ2v) is 11.3. The number of benzene rings is 4. The molecule has 0 aliphatic heterocycles. The van der Waals surface area contributed by atoms with Gasteiger partial charge in [-0.2, -0.15) is 5.10 Å². The van der Waals surface area contributed by atoms with Crippen molar-refractivity contribution >= 4 is 84.1 Å². The first-order chi connectivity index (χ1) is 19.7. The molecule has 0 aliphatic carbocycles. The Hall–Kier alpha value is -3.63. The summed E-state index contributed by atoms with van der Waals surface area (Å²) in [4.78, 5) is 29.5. The number of nitrogens with one attached hydrogen (secondary N) is 2. The zero-order chi connectivity index (χ0) is 29.1. The highest BCUT2D eigenvalue weighted by Gasteiger charge is 2.21. The van der Waals surface area contributed by atoms with Crippen molar-refractivity contribution in [2.45, 2.75) is 0 Å². The summed E-state index contributed by atoms with van der Waals surface area (Å²) < 4.78 is 12.2. The number of aromatic nitrogens is 1. The molecule has 0 aliphatic rings. The topological polar surface area (TPSA) is 92.8 Å². The lowest BCUT2D eigenvalue weighted by Gasteiger charge is -2.11. The fourth-order valence-electron chi connectivity index (χ4n) is 4.18. The maximum atomic E-state index is 13.4. The van der Waals surface area contributed by atoms with E-state index in [1.54, 1.807) is 25.3 Å². The van der Waals surface area contributed by atoms with Crippen LogP contribution in [0.15, 0.2) is 92.9 Å². The fraction of sp³-hybridized carbons (Fsp3) is 0.0333. The highest BCUT2D eigenvalue weighted by Crippen LogP contribution is 2.35. The smallest absolute Gasteiger partial charge is 0.345 e. The average molecular weight is 716 g/mol. The van der Waals surface area contributed by atoms with Crippen LogP contribution in [0.3, 0.4) is 0 Å². The number of ether oxygens (including phenoxy) is 2. The number of rotatable bonds is 7. The molecule has 0 saturated carbocycles. The number of aromatic amines is 1. The molecule has 0 spiro atoms. The summed E-state index contributed by atoms with van der Waals surface area (Å²) in [6.45, 7) is 0. The first kappa shape index (κ1) is 28.9. The van der Waals surface area contributed by atoms with Crippen LogP contribution in [0.4, 0.5) is 0 Å². The molecule has 1 heterocycles. The van der Waals surface area contributed by atoms with Crippen molar-refractivity contribution in [1.82, 2.24) is 10.4 Å². The van der Waals surface area contributed by atoms with Gasteiger partial charge in [0.1, 0.15) is 11.4 Å². The van der Waals surface area contributed by atoms with Gasteiger partial charge in [0.15, 0.2) is 5.75 Å². The zero-order valence-electron chi connectivity index (χ0n) is 21.2. The van der Waals surface area contributed by atoms with Crippen LogP contribution in [0.5, 0.6) is 11.5 Å². The normalized spacial score (nSPS) is 11.1. The maximum absolute atomic E-state index is 13.4. The predicted octanol–water partition coefficient (Wildman–Crippen LogP) is 8.66. The second-order valence-electron chi connectivity index (χ2n) is 8.67. The maximum Gasteiger partial charge on any atom is 0.345 e. The fourth-order valence-corrected chi connectivity index (χ4v) is 6.00. The van der Waals surface area contributed by atoms with Crippen molar-refractivity contribution in [2.75, 3.05) is 7.11 Å². The van der Waals surface area contributed by atoms with Crippen LogP contribution in [-0.2, 0) is 0 Å². The number of H-pyrrole nitrogens is 1. The van der Waals surface area contributed by atoms with Gasteiger partial charge >= 0.3 is 5.97 Å². The molecule has 41 heavy (non-hydrogen) atoms. The Labute approximate surface area is 261 Å². The van der Waals surface area contributed by atoms with Crippen LogP contribution in [0.25, 0.3) is 22.0 Å². The van der Waals surface area contributed by atoms with E-state index in [0.717, 1.165) is 16.5 Å². The molecule has 1 aromatic heterocycles. The molecule has 2 N–H and O–H groups in total. The molecule has 4 aromatic carbocycles. The van der Waals surface area contributed by atoms with Crippen LogP contribution < -0.4 is 14.9 Å². The molecule has 0 fully saturated rings. The third-order valence-corrected chi connectivity index (χ3v) is 7.64. The number of carbonyl (C=O) groups is 2. The summed E-state index contributed by atoms with van der Waals surface area (Å²) in [5, 5.41) is 5.54. The molecular formula is C30H19Br2Cl2N3O4. The number of hydrogen-bond donors (Lipinski definition) is 2. The van der Waals surface area contributed by atoms with E-state index in [1.807, 2.05) is 48.5 Å². The monoisotopic (exact) mass is 713 g/mol. The van der Waals surface area contributed by atoms with Crippen LogP contribution >= 0.6 is 55.1 Å². The van der Waals surface area contributed by atoms with Crippen molar-refractivity contribution in [3.8, 4) is 22.6 Å². The SMILES string of the molecule is COc1ccc2[nH]c(C(=O)NN=Cc3cc(Br)cc(Br)c3OC(=O)c3ccc(Cl)cc3Cl)c(-c3ccccc3)c2c1. The van der Waals surface area contributed by atoms with Gasteiger partial charge in [0, 0.05) is 31.5 Å². The number of esters is 1. The van der Waals surface area contributed by atoms with Gasteiger partial charge < -0.3 is 14.5 Å². The number of nitrogens with zero attached hydrogens (tertiary/aromatic N) is 1. The number of amides is 1. The van der Waals surface area contributed by atoms with Crippen molar-refractivity contribution in [2.24, 2.45) is 5.10 Å². The summed E-state index contributed by atoms with van der Waals surface area (Å²) in [6.07, 6.45) is 1.38. The first-order valence-electron chi connectivity index (χ1n) is 12.0. The lowest BCUT2D eigenvalue weighted by Crippen LogP contribution is -2.19. The van der Waals surface area contributed by atoms with Crippen LogP contribution in [0.2, 0.25) is 10.0 Å². The second kappa shape index (κ2) is 12.5. The number of halogens is 4. The van der Waals surface area contributed by atoms with Gasteiger partial charge in [0.05, 0.1) is 28.4 Å². The van der Waals surface area contributed by atoms with E-state index in [2.05, 4.69) is 47.4 Å². The van der Waals surface area contributed by atoms with Crippen LogP contribution in [0.1, 0.15) is 26.4 Å². The van der Waals surface area contributed by atoms with E-state index in [-0.39, 0.29) is 16.3 Å². The molecular weight excluding hydrogens is 697 g/mol. The van der Waals surface area contributed by atoms with E-state index >= 15 is 0 Å². The third kappa shape index (κ3) is 6.33. The lowest BCUT2D eigenvalue weighted by molar-refractivity contribution is 0.0733. The van der Waals surface area contributed by atoms with Crippen molar-refractivity contribution in [1.29, 1.82) is 0 Å². The van der Waals surface area contributed by atoms with Crippen molar-refractivity contribution < 1.29 is 19.1 Å². The van der Waals surface area contributed by atoms with Gasteiger partial charge in [-0.25, -0.2) is 10.2 Å². The Bertz CT molecular complexity index is 1820. The van der Waals surface area contributed by atoms with E-state index in [4.69, 9.17) is 32.7 Å². The predicted molar refractivity (Wildman–Crippen MR) is 169 cm³/mol. The molecule has 206 valence electrons. The number of carbonyl (C=O) groups excluding carboxylic acids is 2. The Morgan fingerprint density at radius 3 is 2.49 bits per heavy atom. The molecule has 1 amide bonds. The van der Waals surface area contributed by atoms with Crippen LogP contribution in [-0.4, -0.2) is 30.2 Å². The minimum Gasteiger partial charge on any atom is -0.497 e. The van der Waals surface area contributed by atoms with Gasteiger partial charge in [-0.1, -0.05) is 69.5 Å². The number of fused-ring (bicyclic) bond motifs is 1. The van der Waals surface area contributed by atoms with Gasteiger partial charge in [-0.3, -0.25) is 4.79 Å². The summed E-state index contributed by atoms with van der Waals surface area (Å²) in [7, 11) is 1.59. The molecule has 0 saturated heterocycles. The minimum absolute atomic E-state index is 0.144. The van der Waals surface area contributed by atoms with Crippen molar-refractivity contribution in [3.05, 3.63) is 115 Å². The van der Waals surface area contributed by atoms with Crippen LogP contribution in [0, 0.1) is 0 Å². The van der Waals surface area contributed by atoms with Gasteiger partial charge in [-0.05, 0) is 70.0 Å². The van der Waals surface area contributed by atoms with E-state index in [0.29, 0.717) is 36.5 Å². The highest BCUT2D eigenvalue weighted by atomic mass is 79.9. The van der Waals surface area contributed by atoms with E-state index in [1.165, 1.54) is 18.3 Å². The Morgan fingerprint density at radius 2 is 1.76 bits per heavy atom. The summed E-state index contributed by atoms with van der Waals surface area (Å²) in [6, 6.07) is 23.0. The highest BCUT2D eigenvalue weighted by molar-refractivity contribution is 9.11. The molecule has 0 unspecified atom stereocenters. The Morgan fingerprint density at radius 1 is 0.976 bits per heavy atom. The summed E-state index contributed by atoms with van der Waals surface area (Å²) >= 11 is 19.0. The molecule has 0 atom stereocenters. The number of methoxy groups -OCH3 is 1. The van der Waals surface area contributed by atoms with Gasteiger partial charge in [-0.15, -0.1) is 0 Å². The molecule has 11 heteroatoms. The van der Waals surface area contributed by atoms with E-state index < -0.39 is 11.9 Å². The number of hydrazone groups is 1. The standard InChI is InChI=1S/C30H19Br2Cl2N3O4/c1-40-20-8-10-25-22(14-20)26(16-5-3-2-4-6-16)27(36-25)29(38)37-35-15-17-11-18(31)12-23(32)28(17)41-30(39)21-9-7-19(33)13-24(21)34/h2-15,36H,1H3,(H,37,38). The largest absolute Gasteiger partial charge is 0.497 e. The molecule has 5 rings (SSSR count). The lowest BCUT2D eigenvalue weighted by atomic mass is 10.0. The van der Waals surface area contributed by atoms with E-state index in [9.17, 15) is 9.59 Å². The Kier molecular flexibility index (Phi) is 8.79. The zero-order valence-corrected chi connectivity index (χ0v) is 25.9. The summed E-state index contributed by atoms with van der Waals surface area (Å²) in [5.74, 6) is -0.295. The van der Waals surface area contributed by atoms with Crippen molar-refractivity contribution in [3.63, 3.8) is 0 Å². The molecule has 0 bridgehead atoms. The molecule has 7 nitrogen and oxygen atoms in total. The van der Waals surface area contributed by atoms with Gasteiger partial charge in [0.25, 0.3) is 5.91 Å². The summed E-state index contributed by atoms with van der Waals surface area (Å²) in [5.41, 5.74) is 5.80. The molecule has 0 radical (unpaired) electrons. The third-order valence-electron chi connectivity index (χ3n) is 6.05. The van der Waals surface area contributed by atoms with Gasteiger partial charge in [0.2, 0.25) is 0 Å². The first-order valence-corrected chi connectivity index (χ1v) is 14.3. The quantitative estimate of drug-likeness (QED) is 0.0764. The minimum atomic E-state index is -0.686. The Balaban J connectivity index is 1.45. The number of hydrogen-bond acceptors (Lipinski definition) is 5. The molecule has 5 aromatic rings. The average Bonchev–Trinajstić information content (AvgIpc) is 3.34.